The van der Waals surface area contributed by atoms with Crippen LogP contribution in [-0.4, -0.2) is 24.8 Å². The average Bonchev–Trinajstić information content (AvgIpc) is 2.49. The number of hydrogen-bond donors (Lipinski definition) is 1. The molecule has 2 unspecified atom stereocenters. The number of ether oxygens (including phenoxy) is 1. The summed E-state index contributed by atoms with van der Waals surface area (Å²) in [5.74, 6) is 0.0170. The molecule has 2 atom stereocenters. The van der Waals surface area contributed by atoms with Crippen molar-refractivity contribution < 1.29 is 14.6 Å². The summed E-state index contributed by atoms with van der Waals surface area (Å²) >= 11 is 0. The van der Waals surface area contributed by atoms with Crippen molar-refractivity contribution in [1.29, 1.82) is 0 Å². The molecule has 3 nitrogen and oxygen atoms in total. The van der Waals surface area contributed by atoms with Crippen LogP contribution >= 0.6 is 0 Å². The lowest BCUT2D eigenvalue weighted by atomic mass is 9.67. The van der Waals surface area contributed by atoms with Crippen molar-refractivity contribution in [3.63, 3.8) is 0 Å². The van der Waals surface area contributed by atoms with Gasteiger partial charge in [0.2, 0.25) is 0 Å². The van der Waals surface area contributed by atoms with E-state index in [2.05, 4.69) is 26.8 Å². The number of rotatable bonds is 10. The van der Waals surface area contributed by atoms with Crippen LogP contribution in [-0.2, 0) is 9.53 Å². The Balaban J connectivity index is 2.85. The Kier molecular flexibility index (Phi) is 7.88. The molecule has 0 heterocycles. The smallest absolute Gasteiger partial charge is 0.314 e. The molecule has 0 bridgehead atoms. The van der Waals surface area contributed by atoms with E-state index >= 15 is 0 Å². The van der Waals surface area contributed by atoms with Crippen molar-refractivity contribution in [2.75, 3.05) is 13.7 Å². The van der Waals surface area contributed by atoms with E-state index in [1.54, 1.807) is 7.11 Å². The second-order valence-electron chi connectivity index (χ2n) is 6.80. The summed E-state index contributed by atoms with van der Waals surface area (Å²) in [6.45, 7) is 7.14. The highest BCUT2D eigenvalue weighted by Crippen LogP contribution is 2.42. The van der Waals surface area contributed by atoms with Gasteiger partial charge in [-0.1, -0.05) is 63.8 Å². The zero-order valence-corrected chi connectivity index (χ0v) is 14.6. The van der Waals surface area contributed by atoms with Gasteiger partial charge in [-0.2, -0.15) is 0 Å². The van der Waals surface area contributed by atoms with Crippen LogP contribution in [0.1, 0.15) is 59.3 Å². The number of hydrogen-bond acceptors (Lipinski definition) is 2. The lowest BCUT2D eigenvalue weighted by Crippen LogP contribution is -2.38. The van der Waals surface area contributed by atoms with E-state index in [-0.39, 0.29) is 5.92 Å². The number of methoxy groups -OCH3 is 1. The van der Waals surface area contributed by atoms with Crippen LogP contribution in [0.5, 0.6) is 0 Å². The van der Waals surface area contributed by atoms with Gasteiger partial charge in [0.15, 0.2) is 0 Å². The number of carboxylic acid groups (broad SMARTS) is 1. The Morgan fingerprint density at radius 2 is 2.14 bits per heavy atom. The zero-order valence-electron chi connectivity index (χ0n) is 14.6. The summed E-state index contributed by atoms with van der Waals surface area (Å²) in [6.07, 6.45) is 11.8. The molecule has 126 valence electrons. The highest BCUT2D eigenvalue weighted by molar-refractivity contribution is 5.78. The van der Waals surface area contributed by atoms with Gasteiger partial charge in [0.25, 0.3) is 0 Å². The quantitative estimate of drug-likeness (QED) is 0.588. The van der Waals surface area contributed by atoms with E-state index in [4.69, 9.17) is 4.74 Å². The number of carboxylic acids is 1. The number of unbranched alkanes of at least 4 members (excludes halogenated alkanes) is 1. The Bertz CT molecular complexity index is 409. The first kappa shape index (κ1) is 19.0. The van der Waals surface area contributed by atoms with Gasteiger partial charge in [-0.05, 0) is 31.1 Å². The SMILES string of the molecule is CCC1=CC(CCOC)C(CCCCC(C)C)(C(=O)O)C=C1. The topological polar surface area (TPSA) is 46.5 Å². The van der Waals surface area contributed by atoms with Crippen molar-refractivity contribution in [3.8, 4) is 0 Å². The molecule has 0 fully saturated rings. The third-order valence-corrected chi connectivity index (χ3v) is 4.73. The van der Waals surface area contributed by atoms with Gasteiger partial charge in [0.1, 0.15) is 0 Å². The van der Waals surface area contributed by atoms with Gasteiger partial charge in [-0.25, -0.2) is 0 Å². The molecule has 0 saturated heterocycles. The Hall–Kier alpha value is -1.09. The molecule has 1 N–H and O–H groups in total. The van der Waals surface area contributed by atoms with E-state index in [0.717, 1.165) is 32.1 Å². The fourth-order valence-corrected chi connectivity index (χ4v) is 3.24. The molecule has 0 aliphatic heterocycles. The second-order valence-corrected chi connectivity index (χ2v) is 6.80. The minimum atomic E-state index is -0.756. The summed E-state index contributed by atoms with van der Waals surface area (Å²) in [7, 11) is 1.67. The molecule has 0 radical (unpaired) electrons. The van der Waals surface area contributed by atoms with Gasteiger partial charge in [-0.15, -0.1) is 0 Å². The summed E-state index contributed by atoms with van der Waals surface area (Å²) in [6, 6.07) is 0. The highest BCUT2D eigenvalue weighted by Gasteiger charge is 2.43. The molecule has 0 amide bonds. The highest BCUT2D eigenvalue weighted by atomic mass is 16.5. The van der Waals surface area contributed by atoms with E-state index in [1.165, 1.54) is 5.57 Å². The van der Waals surface area contributed by atoms with Crippen LogP contribution in [0.4, 0.5) is 0 Å². The summed E-state index contributed by atoms with van der Waals surface area (Å²) < 4.78 is 5.20. The molecular weight excluding hydrogens is 276 g/mol. The van der Waals surface area contributed by atoms with Crippen molar-refractivity contribution in [2.24, 2.45) is 17.3 Å². The molecule has 0 aromatic rings. The van der Waals surface area contributed by atoms with Crippen LogP contribution in [0.15, 0.2) is 23.8 Å². The fourth-order valence-electron chi connectivity index (χ4n) is 3.24. The second kappa shape index (κ2) is 9.14. The van der Waals surface area contributed by atoms with Crippen molar-refractivity contribution in [3.05, 3.63) is 23.8 Å². The van der Waals surface area contributed by atoms with Crippen LogP contribution in [0.2, 0.25) is 0 Å². The van der Waals surface area contributed by atoms with Crippen LogP contribution in [0, 0.1) is 17.3 Å². The van der Waals surface area contributed by atoms with Crippen LogP contribution in [0.3, 0.4) is 0 Å². The van der Waals surface area contributed by atoms with Crippen molar-refractivity contribution in [1.82, 2.24) is 0 Å². The Morgan fingerprint density at radius 3 is 2.68 bits per heavy atom. The summed E-state index contributed by atoms with van der Waals surface area (Å²) in [4.78, 5) is 12.1. The fraction of sp³-hybridized carbons (Fsp3) is 0.737. The molecule has 0 spiro atoms. The molecule has 0 aromatic heterocycles. The number of allylic oxidation sites excluding steroid dienone is 3. The molecule has 3 heteroatoms. The number of aliphatic carboxylic acids is 1. The van der Waals surface area contributed by atoms with Gasteiger partial charge < -0.3 is 9.84 Å². The van der Waals surface area contributed by atoms with Crippen LogP contribution in [0.25, 0.3) is 0 Å². The summed E-state index contributed by atoms with van der Waals surface area (Å²) in [5, 5.41) is 9.90. The maximum absolute atomic E-state index is 12.1. The first-order valence-electron chi connectivity index (χ1n) is 8.58. The largest absolute Gasteiger partial charge is 0.481 e. The van der Waals surface area contributed by atoms with E-state index in [1.807, 2.05) is 12.2 Å². The average molecular weight is 308 g/mol. The molecule has 0 saturated carbocycles. The summed E-state index contributed by atoms with van der Waals surface area (Å²) in [5.41, 5.74) is 0.480. The minimum Gasteiger partial charge on any atom is -0.481 e. The lowest BCUT2D eigenvalue weighted by Gasteiger charge is -2.36. The standard InChI is InChI=1S/C19H32O3/c1-5-16-9-12-19(18(20)21,11-7-6-8-15(2)3)17(14-16)10-13-22-4/h9,12,14-15,17H,5-8,10-11,13H2,1-4H3,(H,20,21). The first-order valence-corrected chi connectivity index (χ1v) is 8.58. The van der Waals surface area contributed by atoms with E-state index in [9.17, 15) is 9.90 Å². The third-order valence-electron chi connectivity index (χ3n) is 4.73. The minimum absolute atomic E-state index is 0.0314. The van der Waals surface area contributed by atoms with Crippen LogP contribution < -0.4 is 0 Å². The van der Waals surface area contributed by atoms with Gasteiger partial charge in [0, 0.05) is 13.7 Å². The van der Waals surface area contributed by atoms with Gasteiger partial charge in [0.05, 0.1) is 5.41 Å². The predicted octanol–water partition coefficient (Wildman–Crippen LogP) is 4.83. The van der Waals surface area contributed by atoms with Gasteiger partial charge in [-0.3, -0.25) is 4.79 Å². The molecule has 1 rings (SSSR count). The zero-order chi connectivity index (χ0) is 16.6. The molecule has 1 aliphatic rings. The van der Waals surface area contributed by atoms with E-state index in [0.29, 0.717) is 18.9 Å². The monoisotopic (exact) mass is 308 g/mol. The van der Waals surface area contributed by atoms with Gasteiger partial charge >= 0.3 is 5.97 Å². The molecule has 22 heavy (non-hydrogen) atoms. The lowest BCUT2D eigenvalue weighted by molar-refractivity contribution is -0.149. The Labute approximate surface area is 135 Å². The van der Waals surface area contributed by atoms with Crippen molar-refractivity contribution >= 4 is 5.97 Å². The molecule has 0 aromatic carbocycles. The van der Waals surface area contributed by atoms with E-state index < -0.39 is 11.4 Å². The maximum Gasteiger partial charge on any atom is 0.314 e. The normalized spacial score (nSPS) is 24.6. The number of carbonyl (C=O) groups is 1. The Morgan fingerprint density at radius 1 is 1.41 bits per heavy atom. The first-order chi connectivity index (χ1) is 10.5. The predicted molar refractivity (Wildman–Crippen MR) is 90.9 cm³/mol. The molecular formula is C19H32O3. The third kappa shape index (κ3) is 4.98. The maximum atomic E-state index is 12.1. The van der Waals surface area contributed by atoms with Crippen molar-refractivity contribution in [2.45, 2.75) is 59.3 Å². The molecule has 1 aliphatic carbocycles.